The fourth-order valence-corrected chi connectivity index (χ4v) is 12.2. The summed E-state index contributed by atoms with van der Waals surface area (Å²) >= 11 is 0. The molecule has 0 bridgehead atoms. The molecule has 0 saturated heterocycles. The molecule has 3 heterocycles. The van der Waals surface area contributed by atoms with Crippen LogP contribution in [0.3, 0.4) is 0 Å². The normalized spacial score (nSPS) is 10.6. The second-order valence-corrected chi connectivity index (χ2v) is 26.9. The van der Waals surface area contributed by atoms with E-state index in [0.717, 1.165) is 80.9 Å². The van der Waals surface area contributed by atoms with Gasteiger partial charge in [0.2, 0.25) is 11.8 Å². The van der Waals surface area contributed by atoms with Crippen LogP contribution in [0.1, 0.15) is 86.4 Å². The first-order chi connectivity index (χ1) is 56.0. The fourth-order valence-electron chi connectivity index (χ4n) is 12.2. The molecular formula is C95H100N8O11. The topological polar surface area (TPSA) is 219 Å². The highest BCUT2D eigenvalue weighted by atomic mass is 16.5. The van der Waals surface area contributed by atoms with Crippen LogP contribution in [0.2, 0.25) is 0 Å². The van der Waals surface area contributed by atoms with Gasteiger partial charge in [-0.15, -0.1) is 0 Å². The number of hydrogen-bond donors (Lipinski definition) is 2. The smallest absolute Gasteiger partial charge is 0.317 e. The van der Waals surface area contributed by atoms with Crippen LogP contribution in [0.15, 0.2) is 310 Å². The second kappa shape index (κ2) is 47.2. The van der Waals surface area contributed by atoms with Crippen LogP contribution in [0.25, 0.3) is 0 Å². The summed E-state index contributed by atoms with van der Waals surface area (Å²) in [5, 5.41) is 3.04. The third-order valence-electron chi connectivity index (χ3n) is 18.3. The number of unbranched alkanes of at least 4 members (excludes halogenated alkanes) is 1. The number of urea groups is 1. The quantitative estimate of drug-likeness (QED) is 0.0341. The molecule has 0 aliphatic carbocycles. The molecule has 0 unspecified atom stereocenters. The highest BCUT2D eigenvalue weighted by Gasteiger charge is 2.21. The number of hydrogen-bond acceptors (Lipinski definition) is 14. The van der Waals surface area contributed by atoms with Gasteiger partial charge in [-0.25, -0.2) is 4.79 Å². The molecule has 114 heavy (non-hydrogen) atoms. The Morgan fingerprint density at radius 3 is 1.10 bits per heavy atom. The summed E-state index contributed by atoms with van der Waals surface area (Å²) in [4.78, 5) is 69.9. The molecule has 12 aromatic rings. The molecule has 19 nitrogen and oxygen atoms in total. The Kier molecular flexibility index (Phi) is 34.5. The number of aryl methyl sites for hydroxylation is 1. The van der Waals surface area contributed by atoms with Crippen molar-refractivity contribution in [2.75, 3.05) is 47.1 Å². The van der Waals surface area contributed by atoms with Gasteiger partial charge in [0, 0.05) is 107 Å². The number of methoxy groups -OCH3 is 2. The lowest BCUT2D eigenvalue weighted by Crippen LogP contribution is -2.40. The van der Waals surface area contributed by atoms with E-state index in [2.05, 4.69) is 32.4 Å². The molecule has 0 atom stereocenters. The predicted molar refractivity (Wildman–Crippen MR) is 443 cm³/mol. The maximum absolute atomic E-state index is 13.4. The molecule has 5 amide bonds. The van der Waals surface area contributed by atoms with Crippen molar-refractivity contribution in [2.24, 2.45) is 5.73 Å². The average molecular weight is 1530 g/mol. The van der Waals surface area contributed by atoms with Gasteiger partial charge in [0.1, 0.15) is 26.4 Å². The van der Waals surface area contributed by atoms with Crippen molar-refractivity contribution in [2.45, 2.75) is 97.6 Å². The number of primary amides is 1. The van der Waals surface area contributed by atoms with Gasteiger partial charge in [0.25, 0.3) is 5.91 Å². The highest BCUT2D eigenvalue weighted by Crippen LogP contribution is 2.33. The third-order valence-corrected chi connectivity index (χ3v) is 18.3. The summed E-state index contributed by atoms with van der Waals surface area (Å²) in [5.41, 5.74) is 17.5. The van der Waals surface area contributed by atoms with Crippen LogP contribution in [-0.2, 0) is 97.4 Å². The molecule has 19 heteroatoms. The number of rotatable bonds is 40. The van der Waals surface area contributed by atoms with Crippen molar-refractivity contribution in [3.63, 3.8) is 0 Å². The number of carbonyl (C=O) groups excluding carboxylic acids is 4. The van der Waals surface area contributed by atoms with Crippen LogP contribution < -0.4 is 39.5 Å². The zero-order valence-corrected chi connectivity index (χ0v) is 64.8. The minimum absolute atomic E-state index is 0.00647. The SMILES string of the molecule is COc1cc(CN(CCc2ccccn2)C(=O)COCc2ccccc2)ccc1OCc1ccccc1.COc1cc(CN(CCc2ccccn2)C(=O)NCc2ccccc2)ccc1OCc1ccccc1.NC(=O)COc1cc(CN(CCc2ccccn2)C(=O)CCCCc2ccccc2)ccc1OCc1ccccc1. The summed E-state index contributed by atoms with van der Waals surface area (Å²) < 4.78 is 40.6. The van der Waals surface area contributed by atoms with Crippen molar-refractivity contribution in [1.29, 1.82) is 0 Å². The Bertz CT molecular complexity index is 4780. The van der Waals surface area contributed by atoms with E-state index < -0.39 is 5.91 Å². The maximum atomic E-state index is 13.4. The van der Waals surface area contributed by atoms with E-state index in [1.165, 1.54) is 5.56 Å². The van der Waals surface area contributed by atoms with Crippen LogP contribution in [0.5, 0.6) is 34.5 Å². The summed E-state index contributed by atoms with van der Waals surface area (Å²) in [5.74, 6) is 2.96. The number of nitrogens with one attached hydrogen (secondary N) is 1. The van der Waals surface area contributed by atoms with Gasteiger partial charge < -0.3 is 58.9 Å². The van der Waals surface area contributed by atoms with Crippen LogP contribution in [0, 0.1) is 0 Å². The van der Waals surface area contributed by atoms with E-state index >= 15 is 0 Å². The largest absolute Gasteiger partial charge is 0.493 e. The summed E-state index contributed by atoms with van der Waals surface area (Å²) in [6, 6.07) is 94.3. The van der Waals surface area contributed by atoms with Crippen LogP contribution in [-0.4, -0.2) is 100 Å². The highest BCUT2D eigenvalue weighted by molar-refractivity contribution is 5.78. The molecule has 0 aliphatic heterocycles. The molecule has 0 spiro atoms. The summed E-state index contributed by atoms with van der Waals surface area (Å²) in [7, 11) is 3.25. The average Bonchev–Trinajstić information content (AvgIpc) is 0.850. The Balaban J connectivity index is 0.000000181. The van der Waals surface area contributed by atoms with Gasteiger partial charge in [-0.05, 0) is 142 Å². The molecule has 3 aromatic heterocycles. The van der Waals surface area contributed by atoms with Crippen molar-refractivity contribution in [3.8, 4) is 34.5 Å². The number of nitrogens with zero attached hydrogens (tertiary/aromatic N) is 6. The number of nitrogens with two attached hydrogens (primary N) is 1. The first-order valence-electron chi connectivity index (χ1n) is 38.3. The lowest BCUT2D eigenvalue weighted by molar-refractivity contribution is -0.137. The number of ether oxygens (including phenoxy) is 7. The molecule has 0 fully saturated rings. The van der Waals surface area contributed by atoms with Gasteiger partial charge in [-0.3, -0.25) is 29.3 Å². The van der Waals surface area contributed by atoms with Gasteiger partial charge in [-0.1, -0.05) is 218 Å². The van der Waals surface area contributed by atoms with Crippen LogP contribution in [0.4, 0.5) is 4.79 Å². The van der Waals surface area contributed by atoms with E-state index in [0.29, 0.717) is 132 Å². The predicted octanol–water partition coefficient (Wildman–Crippen LogP) is 16.6. The summed E-state index contributed by atoms with van der Waals surface area (Å²) in [6.45, 7) is 4.71. The lowest BCUT2D eigenvalue weighted by atomic mass is 10.1. The molecule has 9 aromatic carbocycles. The molecule has 0 aliphatic rings. The number of aromatic nitrogens is 3. The van der Waals surface area contributed by atoms with Crippen molar-refractivity contribution >= 4 is 23.8 Å². The second-order valence-electron chi connectivity index (χ2n) is 26.9. The monoisotopic (exact) mass is 1530 g/mol. The molecule has 3 N–H and O–H groups in total. The molecule has 586 valence electrons. The van der Waals surface area contributed by atoms with Crippen molar-refractivity contribution in [3.05, 3.63) is 377 Å². The molecule has 0 radical (unpaired) electrons. The third kappa shape index (κ3) is 29.6. The molecule has 0 saturated carbocycles. The summed E-state index contributed by atoms with van der Waals surface area (Å²) in [6.07, 6.45) is 10.5. The maximum Gasteiger partial charge on any atom is 0.317 e. The first-order valence-corrected chi connectivity index (χ1v) is 38.3. The minimum atomic E-state index is -0.577. The van der Waals surface area contributed by atoms with Crippen molar-refractivity contribution in [1.82, 2.24) is 35.0 Å². The zero-order valence-electron chi connectivity index (χ0n) is 64.8. The van der Waals surface area contributed by atoms with Gasteiger partial charge in [0.15, 0.2) is 41.1 Å². The number of benzene rings is 9. The molecule has 12 rings (SSSR count). The lowest BCUT2D eigenvalue weighted by Gasteiger charge is -2.24. The number of amides is 5. The van der Waals surface area contributed by atoms with E-state index in [9.17, 15) is 19.2 Å². The molecular weight excluding hydrogens is 1430 g/mol. The van der Waals surface area contributed by atoms with Gasteiger partial charge in [-0.2, -0.15) is 0 Å². The van der Waals surface area contributed by atoms with E-state index in [1.54, 1.807) is 42.6 Å². The van der Waals surface area contributed by atoms with Gasteiger partial charge in [0.05, 0.1) is 20.8 Å². The Hall–Kier alpha value is -13.1. The van der Waals surface area contributed by atoms with E-state index in [-0.39, 0.29) is 31.1 Å². The minimum Gasteiger partial charge on any atom is -0.493 e. The van der Waals surface area contributed by atoms with Gasteiger partial charge >= 0.3 is 6.03 Å². The first kappa shape index (κ1) is 83.3. The zero-order chi connectivity index (χ0) is 79.4. The Labute approximate surface area is 669 Å². The number of pyridine rings is 3. The van der Waals surface area contributed by atoms with Crippen LogP contribution >= 0.6 is 0 Å². The van der Waals surface area contributed by atoms with E-state index in [1.807, 2.05) is 284 Å². The van der Waals surface area contributed by atoms with E-state index in [4.69, 9.17) is 38.9 Å². The standard InChI is InChI=1S/C34H37N3O4.C31H32N2O4.C30H31N3O3/c35-33(38)26-41-32-23-29(18-19-31(32)40-25-28-14-5-2-6-15-28)24-37(22-20-30-16-9-10-21-36-30)34(39)17-8-7-13-27-11-3-1-4-12-27;1-35-30-20-27(15-16-29(30)37-23-26-12-6-3-7-13-26)21-33(19-17-28-14-8-9-18-32-28)31(34)24-36-22-25-10-4-2-5-11-25;1-35-29-20-26(15-16-28(29)36-23-25-12-6-3-7-13-25)22-33(19-17-27-14-8-9-18-31-27)30(34)32-21-24-10-4-2-5-11-24/h1-6,9-12,14-16,18-19,21,23H,7-8,13,17,20,22,24-26H2,(H2,35,38);2-16,18,20H,17,19,21-24H2,1H3;2-16,18,20H,17,19,21-23H2,1H3,(H,32,34). The Morgan fingerprint density at radius 2 is 0.693 bits per heavy atom. The fraction of sp³-hybridized carbons (Fsp3) is 0.232. The number of carbonyl (C=O) groups is 4. The van der Waals surface area contributed by atoms with Crippen molar-refractivity contribution < 1.29 is 52.3 Å². The Morgan fingerprint density at radius 1 is 0.333 bits per heavy atom.